The van der Waals surface area contributed by atoms with Gasteiger partial charge in [0.25, 0.3) is 0 Å². The van der Waals surface area contributed by atoms with E-state index < -0.39 is 0 Å². The standard InChI is InChI=1S/C16H16O4/c1-19-14-8-12-9(6-13(14)18)3-4-10-5-11(17)7-15(20-2)16(10)12/h5-8,17-18H,3-4H2,1-2H3. The number of aryl methyl sites for hydroxylation is 2. The lowest BCUT2D eigenvalue weighted by atomic mass is 9.84. The predicted molar refractivity (Wildman–Crippen MR) is 75.7 cm³/mol. The lowest BCUT2D eigenvalue weighted by molar-refractivity contribution is 0.373. The minimum absolute atomic E-state index is 0.146. The minimum atomic E-state index is 0.146. The number of methoxy groups -OCH3 is 2. The van der Waals surface area contributed by atoms with Crippen molar-refractivity contribution in [3.63, 3.8) is 0 Å². The molecule has 0 atom stereocenters. The fourth-order valence-electron chi connectivity index (χ4n) is 2.80. The number of phenolic OH excluding ortho intramolecular Hbond substituents is 2. The monoisotopic (exact) mass is 272 g/mol. The van der Waals surface area contributed by atoms with Gasteiger partial charge in [0.2, 0.25) is 0 Å². The van der Waals surface area contributed by atoms with Crippen LogP contribution in [0.2, 0.25) is 0 Å². The van der Waals surface area contributed by atoms with Crippen molar-refractivity contribution in [1.82, 2.24) is 0 Å². The molecule has 4 heteroatoms. The van der Waals surface area contributed by atoms with Gasteiger partial charge < -0.3 is 19.7 Å². The molecule has 104 valence electrons. The van der Waals surface area contributed by atoms with E-state index in [1.807, 2.05) is 6.07 Å². The molecule has 0 spiro atoms. The van der Waals surface area contributed by atoms with E-state index in [9.17, 15) is 10.2 Å². The number of hydrogen-bond acceptors (Lipinski definition) is 4. The first-order chi connectivity index (χ1) is 9.63. The van der Waals surface area contributed by atoms with Crippen LogP contribution >= 0.6 is 0 Å². The number of rotatable bonds is 2. The molecular weight excluding hydrogens is 256 g/mol. The third kappa shape index (κ3) is 1.84. The molecular formula is C16H16O4. The average molecular weight is 272 g/mol. The molecule has 0 heterocycles. The SMILES string of the molecule is COc1cc2c(cc1O)CCc1cc(O)cc(OC)c1-2. The van der Waals surface area contributed by atoms with Crippen LogP contribution in [0, 0.1) is 0 Å². The second-order valence-corrected chi connectivity index (χ2v) is 4.86. The summed E-state index contributed by atoms with van der Waals surface area (Å²) in [6.45, 7) is 0. The molecule has 3 rings (SSSR count). The van der Waals surface area contributed by atoms with Crippen molar-refractivity contribution < 1.29 is 19.7 Å². The van der Waals surface area contributed by atoms with E-state index in [1.54, 1.807) is 25.3 Å². The summed E-state index contributed by atoms with van der Waals surface area (Å²) in [7, 11) is 3.11. The van der Waals surface area contributed by atoms with Crippen molar-refractivity contribution in [3.8, 4) is 34.1 Å². The zero-order chi connectivity index (χ0) is 14.3. The Bertz CT molecular complexity index is 659. The van der Waals surface area contributed by atoms with E-state index in [0.29, 0.717) is 11.5 Å². The minimum Gasteiger partial charge on any atom is -0.508 e. The Kier molecular flexibility index (Phi) is 2.93. The molecule has 1 aliphatic rings. The summed E-state index contributed by atoms with van der Waals surface area (Å²) in [4.78, 5) is 0. The summed E-state index contributed by atoms with van der Waals surface area (Å²) in [6.07, 6.45) is 1.62. The van der Waals surface area contributed by atoms with Crippen LogP contribution in [0.5, 0.6) is 23.0 Å². The highest BCUT2D eigenvalue weighted by atomic mass is 16.5. The van der Waals surface area contributed by atoms with Crippen molar-refractivity contribution in [2.45, 2.75) is 12.8 Å². The summed E-state index contributed by atoms with van der Waals surface area (Å²) in [5.74, 6) is 1.42. The molecule has 0 aliphatic heterocycles. The molecule has 0 radical (unpaired) electrons. The number of aromatic hydroxyl groups is 2. The van der Waals surface area contributed by atoms with Crippen LogP contribution in [0.4, 0.5) is 0 Å². The molecule has 2 N–H and O–H groups in total. The first-order valence-corrected chi connectivity index (χ1v) is 6.44. The normalized spacial score (nSPS) is 12.5. The highest BCUT2D eigenvalue weighted by Gasteiger charge is 2.23. The van der Waals surface area contributed by atoms with E-state index in [4.69, 9.17) is 9.47 Å². The van der Waals surface area contributed by atoms with Crippen LogP contribution in [0.3, 0.4) is 0 Å². The van der Waals surface area contributed by atoms with E-state index in [0.717, 1.165) is 35.1 Å². The number of hydrogen-bond donors (Lipinski definition) is 2. The molecule has 20 heavy (non-hydrogen) atoms. The zero-order valence-electron chi connectivity index (χ0n) is 11.4. The van der Waals surface area contributed by atoms with Gasteiger partial charge in [-0.05, 0) is 47.7 Å². The van der Waals surface area contributed by atoms with Gasteiger partial charge in [-0.2, -0.15) is 0 Å². The van der Waals surface area contributed by atoms with Crippen molar-refractivity contribution in [2.75, 3.05) is 14.2 Å². The Morgan fingerprint density at radius 3 is 2.25 bits per heavy atom. The van der Waals surface area contributed by atoms with Gasteiger partial charge in [-0.1, -0.05) is 0 Å². The molecule has 4 nitrogen and oxygen atoms in total. The quantitative estimate of drug-likeness (QED) is 0.882. The largest absolute Gasteiger partial charge is 0.508 e. The molecule has 0 fully saturated rings. The third-order valence-corrected chi connectivity index (χ3v) is 3.73. The number of ether oxygens (including phenoxy) is 2. The summed E-state index contributed by atoms with van der Waals surface area (Å²) in [5, 5.41) is 19.6. The highest BCUT2D eigenvalue weighted by molar-refractivity contribution is 5.81. The lowest BCUT2D eigenvalue weighted by Gasteiger charge is -2.23. The number of benzene rings is 2. The topological polar surface area (TPSA) is 58.9 Å². The van der Waals surface area contributed by atoms with Crippen molar-refractivity contribution in [1.29, 1.82) is 0 Å². The van der Waals surface area contributed by atoms with Gasteiger partial charge in [0.15, 0.2) is 11.5 Å². The van der Waals surface area contributed by atoms with Crippen LogP contribution in [-0.4, -0.2) is 24.4 Å². The predicted octanol–water partition coefficient (Wildman–Crippen LogP) is 2.88. The second-order valence-electron chi connectivity index (χ2n) is 4.86. The Hall–Kier alpha value is -2.36. The van der Waals surface area contributed by atoms with Crippen LogP contribution in [0.1, 0.15) is 11.1 Å². The van der Waals surface area contributed by atoms with Gasteiger partial charge in [0, 0.05) is 11.6 Å². The van der Waals surface area contributed by atoms with Crippen LogP contribution in [-0.2, 0) is 12.8 Å². The Labute approximate surface area is 117 Å². The van der Waals surface area contributed by atoms with Gasteiger partial charge >= 0.3 is 0 Å². The summed E-state index contributed by atoms with van der Waals surface area (Å²) >= 11 is 0. The first-order valence-electron chi connectivity index (χ1n) is 6.44. The van der Waals surface area contributed by atoms with Crippen LogP contribution < -0.4 is 9.47 Å². The molecule has 0 bridgehead atoms. The zero-order valence-corrected chi connectivity index (χ0v) is 11.4. The highest BCUT2D eigenvalue weighted by Crippen LogP contribution is 2.45. The summed E-state index contributed by atoms with van der Waals surface area (Å²) < 4.78 is 10.6. The van der Waals surface area contributed by atoms with Crippen molar-refractivity contribution >= 4 is 0 Å². The summed E-state index contributed by atoms with van der Waals surface area (Å²) in [5.41, 5.74) is 4.05. The molecule has 2 aromatic carbocycles. The molecule has 0 saturated heterocycles. The first kappa shape index (κ1) is 12.7. The van der Waals surface area contributed by atoms with Gasteiger partial charge in [0.05, 0.1) is 14.2 Å². The number of fused-ring (bicyclic) bond motifs is 3. The van der Waals surface area contributed by atoms with Crippen molar-refractivity contribution in [3.05, 3.63) is 35.4 Å². The fraction of sp³-hybridized carbons (Fsp3) is 0.250. The Morgan fingerprint density at radius 2 is 1.55 bits per heavy atom. The second kappa shape index (κ2) is 4.63. The van der Waals surface area contributed by atoms with Gasteiger partial charge in [-0.25, -0.2) is 0 Å². The molecule has 0 aromatic heterocycles. The maximum absolute atomic E-state index is 9.89. The van der Waals surface area contributed by atoms with Crippen molar-refractivity contribution in [2.24, 2.45) is 0 Å². The molecule has 1 aliphatic carbocycles. The Morgan fingerprint density at radius 1 is 0.850 bits per heavy atom. The summed E-state index contributed by atoms with van der Waals surface area (Å²) in [6, 6.07) is 6.93. The maximum Gasteiger partial charge on any atom is 0.161 e. The maximum atomic E-state index is 9.89. The third-order valence-electron chi connectivity index (χ3n) is 3.73. The van der Waals surface area contributed by atoms with Gasteiger partial charge in [-0.3, -0.25) is 0 Å². The van der Waals surface area contributed by atoms with E-state index in [1.165, 1.54) is 7.11 Å². The van der Waals surface area contributed by atoms with E-state index >= 15 is 0 Å². The van der Waals surface area contributed by atoms with E-state index in [2.05, 4.69) is 0 Å². The smallest absolute Gasteiger partial charge is 0.161 e. The molecule has 0 unspecified atom stereocenters. The Balaban J connectivity index is 2.28. The molecule has 0 amide bonds. The number of phenols is 2. The van der Waals surface area contributed by atoms with Crippen LogP contribution in [0.25, 0.3) is 11.1 Å². The molecule has 0 saturated carbocycles. The average Bonchev–Trinajstić information content (AvgIpc) is 2.45. The van der Waals surface area contributed by atoms with Gasteiger partial charge in [-0.15, -0.1) is 0 Å². The fourth-order valence-corrected chi connectivity index (χ4v) is 2.80. The molecule has 2 aromatic rings. The lowest BCUT2D eigenvalue weighted by Crippen LogP contribution is -2.06. The van der Waals surface area contributed by atoms with Gasteiger partial charge in [0.1, 0.15) is 11.5 Å². The van der Waals surface area contributed by atoms with Crippen LogP contribution in [0.15, 0.2) is 24.3 Å². The van der Waals surface area contributed by atoms with E-state index in [-0.39, 0.29) is 11.5 Å².